The molecule has 0 aromatic carbocycles. The summed E-state index contributed by atoms with van der Waals surface area (Å²) < 4.78 is 4.93. The standard InChI is InChI=1S/C9H13N3O3S/c1-5(2)15-7(13)4-16-9-10-8(14)6(3)11-12-9/h5H,4H2,1-3H3,(H,10,12,14). The summed E-state index contributed by atoms with van der Waals surface area (Å²) >= 11 is 1.09. The van der Waals surface area contributed by atoms with Crippen molar-refractivity contribution < 1.29 is 9.53 Å². The molecule has 0 unspecified atom stereocenters. The van der Waals surface area contributed by atoms with E-state index in [0.29, 0.717) is 10.9 Å². The number of hydrogen-bond acceptors (Lipinski definition) is 6. The molecule has 0 fully saturated rings. The van der Waals surface area contributed by atoms with Crippen LogP contribution in [0.2, 0.25) is 0 Å². The van der Waals surface area contributed by atoms with Crippen molar-refractivity contribution in [2.45, 2.75) is 32.0 Å². The summed E-state index contributed by atoms with van der Waals surface area (Å²) in [6.07, 6.45) is -0.142. The number of ether oxygens (including phenoxy) is 1. The van der Waals surface area contributed by atoms with E-state index in [1.165, 1.54) is 0 Å². The maximum atomic E-state index is 11.2. The van der Waals surface area contributed by atoms with Crippen molar-refractivity contribution in [3.8, 4) is 0 Å². The largest absolute Gasteiger partial charge is 0.462 e. The molecule has 0 saturated heterocycles. The highest BCUT2D eigenvalue weighted by Gasteiger charge is 2.08. The Morgan fingerprint density at radius 2 is 2.19 bits per heavy atom. The second-order valence-corrected chi connectivity index (χ2v) is 4.34. The molecule has 0 aliphatic heterocycles. The molecule has 1 heterocycles. The van der Waals surface area contributed by atoms with Gasteiger partial charge in [0.15, 0.2) is 5.16 Å². The molecule has 0 amide bonds. The van der Waals surface area contributed by atoms with Crippen LogP contribution < -0.4 is 5.56 Å². The number of nitrogens with zero attached hydrogens (tertiary/aromatic N) is 2. The predicted octanol–water partition coefficient (Wildman–Crippen LogP) is 0.517. The van der Waals surface area contributed by atoms with Crippen LogP contribution in [0.5, 0.6) is 0 Å². The van der Waals surface area contributed by atoms with Crippen LogP contribution >= 0.6 is 11.8 Å². The number of esters is 1. The summed E-state index contributed by atoms with van der Waals surface area (Å²) in [6.45, 7) is 5.11. The van der Waals surface area contributed by atoms with Gasteiger partial charge in [-0.25, -0.2) is 0 Å². The molecule has 0 radical (unpaired) electrons. The van der Waals surface area contributed by atoms with Crippen LogP contribution in [0, 0.1) is 6.92 Å². The Bertz CT molecular complexity index is 430. The highest BCUT2D eigenvalue weighted by Crippen LogP contribution is 2.10. The first-order valence-corrected chi connectivity index (χ1v) is 5.73. The van der Waals surface area contributed by atoms with Gasteiger partial charge in [0.25, 0.3) is 5.56 Å². The van der Waals surface area contributed by atoms with Crippen molar-refractivity contribution in [3.63, 3.8) is 0 Å². The Balaban J connectivity index is 2.52. The van der Waals surface area contributed by atoms with Gasteiger partial charge in [-0.1, -0.05) is 11.8 Å². The summed E-state index contributed by atoms with van der Waals surface area (Å²) in [7, 11) is 0. The summed E-state index contributed by atoms with van der Waals surface area (Å²) in [5.74, 6) is -0.241. The predicted molar refractivity (Wildman–Crippen MR) is 59.3 cm³/mol. The third-order valence-corrected chi connectivity index (χ3v) is 2.37. The average molecular weight is 243 g/mol. The lowest BCUT2D eigenvalue weighted by Gasteiger charge is -2.06. The van der Waals surface area contributed by atoms with Gasteiger partial charge in [-0.2, -0.15) is 0 Å². The van der Waals surface area contributed by atoms with Gasteiger partial charge in [0.05, 0.1) is 11.9 Å². The SMILES string of the molecule is Cc1nnc(SCC(=O)OC(C)C)[nH]c1=O. The van der Waals surface area contributed by atoms with E-state index in [-0.39, 0.29) is 23.4 Å². The molecule has 6 nitrogen and oxygen atoms in total. The number of aromatic nitrogens is 3. The van der Waals surface area contributed by atoms with Crippen LogP contribution in [0.25, 0.3) is 0 Å². The maximum absolute atomic E-state index is 11.2. The second kappa shape index (κ2) is 5.64. The van der Waals surface area contributed by atoms with Crippen molar-refractivity contribution >= 4 is 17.7 Å². The van der Waals surface area contributed by atoms with Crippen molar-refractivity contribution in [1.29, 1.82) is 0 Å². The van der Waals surface area contributed by atoms with E-state index in [1.54, 1.807) is 20.8 Å². The average Bonchev–Trinajstić information content (AvgIpc) is 2.19. The summed E-state index contributed by atoms with van der Waals surface area (Å²) in [6, 6.07) is 0. The van der Waals surface area contributed by atoms with Crippen molar-refractivity contribution in [2.24, 2.45) is 0 Å². The minimum absolute atomic E-state index is 0.103. The van der Waals surface area contributed by atoms with E-state index in [9.17, 15) is 9.59 Å². The van der Waals surface area contributed by atoms with Gasteiger partial charge in [0, 0.05) is 0 Å². The molecule has 16 heavy (non-hydrogen) atoms. The number of carbonyl (C=O) groups is 1. The minimum Gasteiger partial charge on any atom is -0.462 e. The first-order valence-electron chi connectivity index (χ1n) is 4.75. The molecule has 1 N–H and O–H groups in total. The molecule has 0 saturated carbocycles. The molecule has 88 valence electrons. The number of aromatic amines is 1. The molecule has 0 aliphatic carbocycles. The Labute approximate surface area is 96.8 Å². The van der Waals surface area contributed by atoms with Gasteiger partial charge in [0.2, 0.25) is 0 Å². The van der Waals surface area contributed by atoms with E-state index >= 15 is 0 Å². The van der Waals surface area contributed by atoms with Crippen molar-refractivity contribution in [3.05, 3.63) is 16.0 Å². The highest BCUT2D eigenvalue weighted by atomic mass is 32.2. The number of hydrogen-bond donors (Lipinski definition) is 1. The normalized spacial score (nSPS) is 10.5. The van der Waals surface area contributed by atoms with Crippen LogP contribution in [0.4, 0.5) is 0 Å². The van der Waals surface area contributed by atoms with Gasteiger partial charge in [-0.15, -0.1) is 10.2 Å². The third kappa shape index (κ3) is 4.01. The smallest absolute Gasteiger partial charge is 0.316 e. The Kier molecular flexibility index (Phi) is 4.48. The molecule has 1 rings (SSSR count). The van der Waals surface area contributed by atoms with E-state index in [2.05, 4.69) is 15.2 Å². The third-order valence-electron chi connectivity index (χ3n) is 1.53. The van der Waals surface area contributed by atoms with Crippen molar-refractivity contribution in [2.75, 3.05) is 5.75 Å². The summed E-state index contributed by atoms with van der Waals surface area (Å²) in [5.41, 5.74) is 0.00355. The lowest BCUT2D eigenvalue weighted by Crippen LogP contribution is -2.16. The Morgan fingerprint density at radius 1 is 1.50 bits per heavy atom. The molecular formula is C9H13N3O3S. The zero-order valence-corrected chi connectivity index (χ0v) is 10.1. The molecule has 1 aromatic rings. The molecule has 1 aromatic heterocycles. The molecule has 0 spiro atoms. The van der Waals surface area contributed by atoms with Gasteiger partial charge >= 0.3 is 5.97 Å². The van der Waals surface area contributed by atoms with E-state index < -0.39 is 0 Å². The monoisotopic (exact) mass is 243 g/mol. The first kappa shape index (κ1) is 12.7. The van der Waals surface area contributed by atoms with Gasteiger partial charge in [-0.05, 0) is 20.8 Å². The quantitative estimate of drug-likeness (QED) is 0.613. The first-order chi connectivity index (χ1) is 7.49. The van der Waals surface area contributed by atoms with E-state index in [4.69, 9.17) is 4.74 Å². The Hall–Kier alpha value is -1.37. The fourth-order valence-electron chi connectivity index (χ4n) is 0.868. The fourth-order valence-corrected chi connectivity index (χ4v) is 1.45. The van der Waals surface area contributed by atoms with Crippen LogP contribution in [0.3, 0.4) is 0 Å². The molecule has 7 heteroatoms. The van der Waals surface area contributed by atoms with Crippen LogP contribution in [0.15, 0.2) is 9.95 Å². The van der Waals surface area contributed by atoms with Crippen LogP contribution in [0.1, 0.15) is 19.5 Å². The van der Waals surface area contributed by atoms with Crippen molar-refractivity contribution in [1.82, 2.24) is 15.2 Å². The van der Waals surface area contributed by atoms with Gasteiger partial charge < -0.3 is 4.74 Å². The summed E-state index contributed by atoms with van der Waals surface area (Å²) in [4.78, 5) is 24.9. The topological polar surface area (TPSA) is 84.9 Å². The molecule has 0 bridgehead atoms. The molecular weight excluding hydrogens is 230 g/mol. The number of H-pyrrole nitrogens is 1. The van der Waals surface area contributed by atoms with Crippen LogP contribution in [-0.2, 0) is 9.53 Å². The minimum atomic E-state index is -0.344. The van der Waals surface area contributed by atoms with E-state index in [0.717, 1.165) is 11.8 Å². The number of nitrogens with one attached hydrogen (secondary N) is 1. The zero-order valence-electron chi connectivity index (χ0n) is 9.31. The van der Waals surface area contributed by atoms with Gasteiger partial charge in [0.1, 0.15) is 5.69 Å². The Morgan fingerprint density at radius 3 is 2.75 bits per heavy atom. The number of aryl methyl sites for hydroxylation is 1. The van der Waals surface area contributed by atoms with E-state index in [1.807, 2.05) is 0 Å². The number of thioether (sulfide) groups is 1. The summed E-state index contributed by atoms with van der Waals surface area (Å²) in [5, 5.41) is 7.71. The second-order valence-electron chi connectivity index (χ2n) is 3.37. The molecule has 0 atom stereocenters. The maximum Gasteiger partial charge on any atom is 0.316 e. The lowest BCUT2D eigenvalue weighted by molar-refractivity contribution is -0.144. The van der Waals surface area contributed by atoms with Gasteiger partial charge in [-0.3, -0.25) is 14.6 Å². The number of carbonyl (C=O) groups excluding carboxylic acids is 1. The lowest BCUT2D eigenvalue weighted by atomic mass is 10.5. The zero-order chi connectivity index (χ0) is 12.1. The molecule has 0 aliphatic rings. The number of rotatable bonds is 4. The van der Waals surface area contributed by atoms with Crippen LogP contribution in [-0.4, -0.2) is 33.0 Å². The fraction of sp³-hybridized carbons (Fsp3) is 0.556. The highest BCUT2D eigenvalue weighted by molar-refractivity contribution is 7.99.